The Morgan fingerprint density at radius 2 is 2.00 bits per heavy atom. The predicted octanol–water partition coefficient (Wildman–Crippen LogP) is 3.53. The van der Waals surface area contributed by atoms with Gasteiger partial charge in [-0.05, 0) is 55.3 Å². The van der Waals surface area contributed by atoms with E-state index in [-0.39, 0.29) is 11.8 Å². The van der Waals surface area contributed by atoms with Crippen LogP contribution in [0.1, 0.15) is 45.0 Å². The molecule has 1 saturated heterocycles. The van der Waals surface area contributed by atoms with Gasteiger partial charge in [-0.2, -0.15) is 5.10 Å². The Balaban J connectivity index is 1.37. The van der Waals surface area contributed by atoms with Gasteiger partial charge in [0.25, 0.3) is 5.91 Å². The zero-order valence-corrected chi connectivity index (χ0v) is 18.1. The maximum atomic E-state index is 12.8. The maximum Gasteiger partial charge on any atom is 0.264 e. The number of hydrogen-bond donors (Lipinski definition) is 1. The van der Waals surface area contributed by atoms with Gasteiger partial charge in [0.15, 0.2) is 0 Å². The molecule has 3 heterocycles. The zero-order valence-electron chi connectivity index (χ0n) is 17.3. The van der Waals surface area contributed by atoms with E-state index in [4.69, 9.17) is 0 Å². The van der Waals surface area contributed by atoms with Gasteiger partial charge in [0.05, 0.1) is 17.1 Å². The Kier molecular flexibility index (Phi) is 5.99. The molecule has 0 aliphatic carbocycles. The number of carbonyl (C=O) groups excluding carboxylic acids is 2. The van der Waals surface area contributed by atoms with Gasteiger partial charge in [-0.1, -0.05) is 30.3 Å². The van der Waals surface area contributed by atoms with Crippen LogP contribution in [-0.4, -0.2) is 39.1 Å². The summed E-state index contributed by atoms with van der Waals surface area (Å²) in [5, 5.41) is 9.43. The SMILES string of the molecule is Cc1cc(C)n(Cc2cccc(CNC(=O)[C@@H]3CCCN3C(=O)c3cccs3)c2)n1. The number of rotatable bonds is 6. The number of nitrogens with one attached hydrogen (secondary N) is 1. The number of nitrogens with zero attached hydrogens (tertiary/aromatic N) is 3. The minimum Gasteiger partial charge on any atom is -0.350 e. The molecule has 2 amide bonds. The summed E-state index contributed by atoms with van der Waals surface area (Å²) in [4.78, 5) is 27.9. The molecular weight excluding hydrogens is 396 g/mol. The molecule has 7 heteroatoms. The number of hydrogen-bond acceptors (Lipinski definition) is 4. The number of carbonyl (C=O) groups is 2. The molecule has 0 saturated carbocycles. The van der Waals surface area contributed by atoms with Crippen molar-refractivity contribution in [1.82, 2.24) is 20.0 Å². The first-order chi connectivity index (χ1) is 14.5. The van der Waals surface area contributed by atoms with Crippen LogP contribution in [0.4, 0.5) is 0 Å². The van der Waals surface area contributed by atoms with Crippen molar-refractivity contribution in [3.63, 3.8) is 0 Å². The molecule has 30 heavy (non-hydrogen) atoms. The van der Waals surface area contributed by atoms with Crippen molar-refractivity contribution >= 4 is 23.2 Å². The van der Waals surface area contributed by atoms with Crippen LogP contribution in [0.3, 0.4) is 0 Å². The van der Waals surface area contributed by atoms with Crippen LogP contribution in [0.2, 0.25) is 0 Å². The van der Waals surface area contributed by atoms with E-state index in [9.17, 15) is 9.59 Å². The molecule has 1 fully saturated rings. The summed E-state index contributed by atoms with van der Waals surface area (Å²) in [7, 11) is 0. The Labute approximate surface area is 180 Å². The van der Waals surface area contributed by atoms with E-state index in [1.165, 1.54) is 11.3 Å². The first kappa shape index (κ1) is 20.3. The Bertz CT molecular complexity index is 1040. The second kappa shape index (κ2) is 8.83. The van der Waals surface area contributed by atoms with Gasteiger partial charge in [-0.15, -0.1) is 11.3 Å². The van der Waals surface area contributed by atoms with Crippen molar-refractivity contribution in [2.75, 3.05) is 6.54 Å². The van der Waals surface area contributed by atoms with Crippen LogP contribution in [0.15, 0.2) is 47.8 Å². The van der Waals surface area contributed by atoms with Crippen molar-refractivity contribution in [2.24, 2.45) is 0 Å². The number of amides is 2. The number of benzene rings is 1. The molecule has 1 atom stereocenters. The summed E-state index contributed by atoms with van der Waals surface area (Å²) in [6, 6.07) is 13.5. The highest BCUT2D eigenvalue weighted by Crippen LogP contribution is 2.22. The van der Waals surface area contributed by atoms with Gasteiger partial charge in [0, 0.05) is 18.8 Å². The molecule has 0 radical (unpaired) electrons. The molecule has 1 aliphatic heterocycles. The van der Waals surface area contributed by atoms with Crippen LogP contribution in [-0.2, 0) is 17.9 Å². The average Bonchev–Trinajstić information content (AvgIpc) is 3.48. The monoisotopic (exact) mass is 422 g/mol. The minimum atomic E-state index is -0.391. The quantitative estimate of drug-likeness (QED) is 0.661. The summed E-state index contributed by atoms with van der Waals surface area (Å²) >= 11 is 1.42. The Morgan fingerprint density at radius 3 is 2.73 bits per heavy atom. The lowest BCUT2D eigenvalue weighted by molar-refractivity contribution is -0.125. The number of aromatic nitrogens is 2. The molecule has 3 aromatic rings. The van der Waals surface area contributed by atoms with Crippen molar-refractivity contribution in [3.05, 3.63) is 75.2 Å². The fourth-order valence-electron chi connectivity index (χ4n) is 3.98. The van der Waals surface area contributed by atoms with Crippen LogP contribution < -0.4 is 5.32 Å². The van der Waals surface area contributed by atoms with Gasteiger partial charge >= 0.3 is 0 Å². The van der Waals surface area contributed by atoms with Crippen LogP contribution in [0.25, 0.3) is 0 Å². The Hall–Kier alpha value is -2.93. The van der Waals surface area contributed by atoms with E-state index in [2.05, 4.69) is 35.5 Å². The smallest absolute Gasteiger partial charge is 0.264 e. The Morgan fingerprint density at radius 1 is 1.17 bits per heavy atom. The van der Waals surface area contributed by atoms with E-state index < -0.39 is 6.04 Å². The molecule has 1 aromatic carbocycles. The average molecular weight is 423 g/mol. The first-order valence-electron chi connectivity index (χ1n) is 10.2. The van der Waals surface area contributed by atoms with E-state index in [1.54, 1.807) is 4.90 Å². The van der Waals surface area contributed by atoms with Crippen molar-refractivity contribution in [3.8, 4) is 0 Å². The third-order valence-electron chi connectivity index (χ3n) is 5.44. The molecular formula is C23H26N4O2S. The lowest BCUT2D eigenvalue weighted by Gasteiger charge is -2.23. The third kappa shape index (κ3) is 4.46. The minimum absolute atomic E-state index is 0.0467. The highest BCUT2D eigenvalue weighted by atomic mass is 32.1. The standard InChI is InChI=1S/C23H26N4O2S/c1-16-12-17(2)27(25-16)15-19-7-3-6-18(13-19)14-24-22(28)20-8-4-10-26(20)23(29)21-9-5-11-30-21/h3,5-7,9,11-13,20H,4,8,10,14-15H2,1-2H3,(H,24,28)/t20-/m0/s1. The van der Waals surface area contributed by atoms with Crippen molar-refractivity contribution in [1.29, 1.82) is 0 Å². The summed E-state index contributed by atoms with van der Waals surface area (Å²) < 4.78 is 1.99. The second-order valence-electron chi connectivity index (χ2n) is 7.76. The molecule has 0 unspecified atom stereocenters. The van der Waals surface area contributed by atoms with E-state index in [0.29, 0.717) is 30.9 Å². The van der Waals surface area contributed by atoms with E-state index in [0.717, 1.165) is 28.9 Å². The topological polar surface area (TPSA) is 67.2 Å². The van der Waals surface area contributed by atoms with Gasteiger partial charge < -0.3 is 10.2 Å². The highest BCUT2D eigenvalue weighted by molar-refractivity contribution is 7.12. The number of likely N-dealkylation sites (tertiary alicyclic amines) is 1. The van der Waals surface area contributed by atoms with Crippen LogP contribution >= 0.6 is 11.3 Å². The molecule has 6 nitrogen and oxygen atoms in total. The fraction of sp³-hybridized carbons (Fsp3) is 0.348. The fourth-order valence-corrected chi connectivity index (χ4v) is 4.66. The molecule has 1 aliphatic rings. The van der Waals surface area contributed by atoms with E-state index >= 15 is 0 Å². The second-order valence-corrected chi connectivity index (χ2v) is 8.70. The predicted molar refractivity (Wildman–Crippen MR) is 117 cm³/mol. The van der Waals surface area contributed by atoms with Crippen molar-refractivity contribution < 1.29 is 9.59 Å². The molecule has 0 spiro atoms. The summed E-state index contributed by atoms with van der Waals surface area (Å²) in [5.74, 6) is -0.129. The van der Waals surface area contributed by atoms with Crippen LogP contribution in [0, 0.1) is 13.8 Å². The lowest BCUT2D eigenvalue weighted by atomic mass is 10.1. The molecule has 0 bridgehead atoms. The molecule has 156 valence electrons. The third-order valence-corrected chi connectivity index (χ3v) is 6.30. The number of aryl methyl sites for hydroxylation is 2. The first-order valence-corrected chi connectivity index (χ1v) is 11.1. The van der Waals surface area contributed by atoms with E-state index in [1.807, 2.05) is 41.3 Å². The summed E-state index contributed by atoms with van der Waals surface area (Å²) in [6.07, 6.45) is 1.56. The molecule has 4 rings (SSSR count). The van der Waals surface area contributed by atoms with Crippen LogP contribution in [0.5, 0.6) is 0 Å². The number of thiophene rings is 1. The van der Waals surface area contributed by atoms with Gasteiger partial charge in [-0.3, -0.25) is 14.3 Å². The zero-order chi connectivity index (χ0) is 21.1. The van der Waals surface area contributed by atoms with Gasteiger partial charge in [0.2, 0.25) is 5.91 Å². The molecule has 1 N–H and O–H groups in total. The highest BCUT2D eigenvalue weighted by Gasteiger charge is 2.34. The lowest BCUT2D eigenvalue weighted by Crippen LogP contribution is -2.45. The maximum absolute atomic E-state index is 12.8. The summed E-state index contributed by atoms with van der Waals surface area (Å²) in [6.45, 7) is 5.82. The summed E-state index contributed by atoms with van der Waals surface area (Å²) in [5.41, 5.74) is 4.32. The largest absolute Gasteiger partial charge is 0.350 e. The van der Waals surface area contributed by atoms with Crippen molar-refractivity contribution in [2.45, 2.75) is 45.8 Å². The van der Waals surface area contributed by atoms with Gasteiger partial charge in [0.1, 0.15) is 6.04 Å². The normalized spacial score (nSPS) is 16.1. The molecule has 2 aromatic heterocycles. The van der Waals surface area contributed by atoms with Gasteiger partial charge in [-0.25, -0.2) is 0 Å².